The minimum absolute atomic E-state index is 0.131. The number of benzene rings is 2. The third-order valence-corrected chi connectivity index (χ3v) is 5.59. The number of carbonyl (C=O) groups is 1. The minimum Gasteiger partial charge on any atom is -0.364 e. The van der Waals surface area contributed by atoms with Crippen LogP contribution >= 0.6 is 0 Å². The summed E-state index contributed by atoms with van der Waals surface area (Å²) in [4.78, 5) is 14.7. The summed E-state index contributed by atoms with van der Waals surface area (Å²) < 4.78 is 0. The average molecular weight is 378 g/mol. The van der Waals surface area contributed by atoms with Gasteiger partial charge in [0.05, 0.1) is 6.21 Å². The molecule has 1 aliphatic rings. The lowest BCUT2D eigenvalue weighted by Crippen LogP contribution is -2.51. The Labute approximate surface area is 168 Å². The molecular formula is C24H31N3O. The molecule has 3 rings (SSSR count). The smallest absolute Gasteiger partial charge is 0.271 e. The topological polar surface area (TPSA) is 44.7 Å². The van der Waals surface area contributed by atoms with Crippen LogP contribution < -0.4 is 10.3 Å². The first-order valence-corrected chi connectivity index (χ1v) is 10.0. The van der Waals surface area contributed by atoms with Crippen molar-refractivity contribution in [2.75, 3.05) is 4.90 Å². The van der Waals surface area contributed by atoms with E-state index >= 15 is 0 Å². The number of aryl methyl sites for hydroxylation is 1. The van der Waals surface area contributed by atoms with E-state index < -0.39 is 0 Å². The fourth-order valence-corrected chi connectivity index (χ4v) is 4.54. The predicted molar refractivity (Wildman–Crippen MR) is 117 cm³/mol. The number of hydrazone groups is 1. The summed E-state index contributed by atoms with van der Waals surface area (Å²) in [7, 11) is 0. The summed E-state index contributed by atoms with van der Waals surface area (Å²) in [6, 6.07) is 14.1. The molecule has 4 nitrogen and oxygen atoms in total. The molecule has 1 atom stereocenters. The molecule has 0 aromatic heterocycles. The van der Waals surface area contributed by atoms with Crippen molar-refractivity contribution in [3.63, 3.8) is 0 Å². The van der Waals surface area contributed by atoms with Gasteiger partial charge in [-0.3, -0.25) is 4.79 Å². The van der Waals surface area contributed by atoms with Gasteiger partial charge in [-0.25, -0.2) is 5.43 Å². The van der Waals surface area contributed by atoms with Gasteiger partial charge in [0, 0.05) is 22.8 Å². The Kier molecular flexibility index (Phi) is 5.59. The molecule has 0 unspecified atom stereocenters. The molecule has 0 spiro atoms. The lowest BCUT2D eigenvalue weighted by Gasteiger charge is -2.50. The Hall–Kier alpha value is -2.62. The van der Waals surface area contributed by atoms with E-state index in [4.69, 9.17) is 0 Å². The summed E-state index contributed by atoms with van der Waals surface area (Å²) in [6.45, 7) is 13.6. The van der Waals surface area contributed by atoms with Gasteiger partial charge in [0.25, 0.3) is 5.91 Å². The number of nitrogens with zero attached hydrogens (tertiary/aromatic N) is 2. The zero-order chi connectivity index (χ0) is 20.5. The molecule has 0 radical (unpaired) electrons. The van der Waals surface area contributed by atoms with Crippen LogP contribution in [0.2, 0.25) is 0 Å². The molecule has 28 heavy (non-hydrogen) atoms. The first-order valence-electron chi connectivity index (χ1n) is 10.0. The van der Waals surface area contributed by atoms with Crippen LogP contribution in [0.15, 0.2) is 47.6 Å². The quantitative estimate of drug-likeness (QED) is 0.583. The predicted octanol–water partition coefficient (Wildman–Crippen LogP) is 5.26. The Bertz CT molecular complexity index is 884. The zero-order valence-corrected chi connectivity index (χ0v) is 17.8. The van der Waals surface area contributed by atoms with Crippen molar-refractivity contribution in [2.45, 2.75) is 65.5 Å². The maximum atomic E-state index is 12.2. The standard InChI is InChI=1S/C24H31N3O/c1-16(2)27-22-12-17(3)20(13-21(22)18(4)14-24(27,5)6)15-25-26-23(28)19-10-8-7-9-11-19/h7-13,15-16,18H,14H2,1-6H3,(H,26,28)/b25-15-/t18-/m0/s1. The van der Waals surface area contributed by atoms with Crippen LogP contribution in [0.3, 0.4) is 0 Å². The fourth-order valence-electron chi connectivity index (χ4n) is 4.54. The molecule has 1 amide bonds. The zero-order valence-electron chi connectivity index (χ0n) is 17.8. The van der Waals surface area contributed by atoms with E-state index in [1.54, 1.807) is 18.3 Å². The highest BCUT2D eigenvalue weighted by atomic mass is 16.2. The Morgan fingerprint density at radius 1 is 1.25 bits per heavy atom. The summed E-state index contributed by atoms with van der Waals surface area (Å²) in [5.74, 6) is 0.278. The van der Waals surface area contributed by atoms with Gasteiger partial charge in [0.2, 0.25) is 0 Å². The molecule has 1 aliphatic heterocycles. The summed E-state index contributed by atoms with van der Waals surface area (Å²) >= 11 is 0. The largest absolute Gasteiger partial charge is 0.364 e. The molecule has 0 saturated heterocycles. The highest BCUT2D eigenvalue weighted by molar-refractivity contribution is 5.95. The molecule has 2 aromatic rings. The maximum absolute atomic E-state index is 12.2. The first kappa shape index (κ1) is 20.1. The third-order valence-electron chi connectivity index (χ3n) is 5.59. The van der Waals surface area contributed by atoms with Crippen molar-refractivity contribution in [2.24, 2.45) is 5.10 Å². The van der Waals surface area contributed by atoms with Crippen molar-refractivity contribution in [1.29, 1.82) is 0 Å². The number of hydrogen-bond donors (Lipinski definition) is 1. The van der Waals surface area contributed by atoms with Gasteiger partial charge >= 0.3 is 0 Å². The number of fused-ring (bicyclic) bond motifs is 1. The van der Waals surface area contributed by atoms with Gasteiger partial charge in [-0.15, -0.1) is 0 Å². The maximum Gasteiger partial charge on any atom is 0.271 e. The number of rotatable bonds is 4. The van der Waals surface area contributed by atoms with E-state index in [0.717, 1.165) is 17.5 Å². The highest BCUT2D eigenvalue weighted by Crippen LogP contribution is 2.45. The van der Waals surface area contributed by atoms with Gasteiger partial charge in [-0.1, -0.05) is 25.1 Å². The van der Waals surface area contributed by atoms with Gasteiger partial charge in [-0.2, -0.15) is 5.10 Å². The Morgan fingerprint density at radius 2 is 1.93 bits per heavy atom. The third kappa shape index (κ3) is 3.96. The number of nitrogens with one attached hydrogen (secondary N) is 1. The van der Waals surface area contributed by atoms with Crippen LogP contribution in [-0.4, -0.2) is 23.7 Å². The van der Waals surface area contributed by atoms with E-state index in [1.165, 1.54) is 11.3 Å². The number of carbonyl (C=O) groups excluding carboxylic acids is 1. The van der Waals surface area contributed by atoms with E-state index in [9.17, 15) is 4.79 Å². The van der Waals surface area contributed by atoms with E-state index in [2.05, 4.69) is 69.1 Å². The van der Waals surface area contributed by atoms with Crippen LogP contribution in [0.25, 0.3) is 0 Å². The Morgan fingerprint density at radius 3 is 2.57 bits per heavy atom. The van der Waals surface area contributed by atoms with E-state index in [1.807, 2.05) is 18.2 Å². The van der Waals surface area contributed by atoms with Crippen LogP contribution in [0, 0.1) is 6.92 Å². The first-order chi connectivity index (χ1) is 13.2. The van der Waals surface area contributed by atoms with Crippen LogP contribution in [-0.2, 0) is 0 Å². The van der Waals surface area contributed by atoms with Crippen molar-refractivity contribution in [1.82, 2.24) is 5.43 Å². The van der Waals surface area contributed by atoms with Crippen molar-refractivity contribution in [3.05, 3.63) is 64.7 Å². The number of anilines is 1. The average Bonchev–Trinajstić information content (AvgIpc) is 2.62. The van der Waals surface area contributed by atoms with Crippen molar-refractivity contribution < 1.29 is 4.79 Å². The molecule has 0 bridgehead atoms. The second-order valence-corrected chi connectivity index (χ2v) is 8.71. The second kappa shape index (κ2) is 7.78. The summed E-state index contributed by atoms with van der Waals surface area (Å²) in [5.41, 5.74) is 8.24. The molecule has 0 fully saturated rings. The molecule has 0 saturated carbocycles. The van der Waals surface area contributed by atoms with Crippen LogP contribution in [0.4, 0.5) is 5.69 Å². The lowest BCUT2D eigenvalue weighted by molar-refractivity contribution is 0.0955. The molecule has 148 valence electrons. The number of amides is 1. The van der Waals surface area contributed by atoms with Gasteiger partial charge < -0.3 is 4.90 Å². The SMILES string of the molecule is Cc1cc2c(cc1/C=N\NC(=O)c1ccccc1)[C@@H](C)CC(C)(C)N2C(C)C. The molecule has 2 aromatic carbocycles. The molecule has 1 N–H and O–H groups in total. The second-order valence-electron chi connectivity index (χ2n) is 8.71. The van der Waals surface area contributed by atoms with Crippen LogP contribution in [0.1, 0.15) is 74.0 Å². The normalized spacial score (nSPS) is 18.4. The van der Waals surface area contributed by atoms with Crippen molar-refractivity contribution in [3.8, 4) is 0 Å². The van der Waals surface area contributed by atoms with Gasteiger partial charge in [0.1, 0.15) is 0 Å². The monoisotopic (exact) mass is 377 g/mol. The Balaban J connectivity index is 1.87. The number of hydrogen-bond acceptors (Lipinski definition) is 3. The molecule has 0 aliphatic carbocycles. The minimum atomic E-state index is -0.200. The molecular weight excluding hydrogens is 346 g/mol. The van der Waals surface area contributed by atoms with Crippen LogP contribution in [0.5, 0.6) is 0 Å². The van der Waals surface area contributed by atoms with E-state index in [-0.39, 0.29) is 11.4 Å². The fraction of sp³-hybridized carbons (Fsp3) is 0.417. The van der Waals surface area contributed by atoms with Gasteiger partial charge in [-0.05, 0) is 87.9 Å². The summed E-state index contributed by atoms with van der Waals surface area (Å²) in [5, 5.41) is 4.20. The highest BCUT2D eigenvalue weighted by Gasteiger charge is 2.37. The molecule has 4 heteroatoms. The lowest BCUT2D eigenvalue weighted by atomic mass is 9.78. The molecule has 1 heterocycles. The van der Waals surface area contributed by atoms with Crippen molar-refractivity contribution >= 4 is 17.8 Å². The summed E-state index contributed by atoms with van der Waals surface area (Å²) in [6.07, 6.45) is 2.87. The van der Waals surface area contributed by atoms with E-state index in [0.29, 0.717) is 17.5 Å². The van der Waals surface area contributed by atoms with Gasteiger partial charge in [0.15, 0.2) is 0 Å².